The second-order valence-corrected chi connectivity index (χ2v) is 4.06. The number of hydrogen-bond acceptors (Lipinski definition) is 3. The largest absolute Gasteiger partial charge is 0.481 e. The van der Waals surface area contributed by atoms with E-state index in [1.54, 1.807) is 19.4 Å². The van der Waals surface area contributed by atoms with Crippen LogP contribution in [-0.4, -0.2) is 12.1 Å². The van der Waals surface area contributed by atoms with E-state index in [9.17, 15) is 4.39 Å². The third-order valence-corrected chi connectivity index (χ3v) is 2.76. The quantitative estimate of drug-likeness (QED) is 0.920. The van der Waals surface area contributed by atoms with Crippen LogP contribution >= 0.6 is 11.6 Å². The van der Waals surface area contributed by atoms with Crippen molar-refractivity contribution in [2.75, 3.05) is 12.4 Å². The molecular weight excluding hydrogens is 255 g/mol. The summed E-state index contributed by atoms with van der Waals surface area (Å²) < 4.78 is 18.0. The lowest BCUT2D eigenvalue weighted by Gasteiger charge is -2.10. The van der Waals surface area contributed by atoms with Gasteiger partial charge in [-0.1, -0.05) is 17.7 Å². The molecule has 1 heterocycles. The molecule has 0 aliphatic carbocycles. The summed E-state index contributed by atoms with van der Waals surface area (Å²) >= 11 is 5.92. The van der Waals surface area contributed by atoms with Crippen LogP contribution in [0.15, 0.2) is 36.5 Å². The second kappa shape index (κ2) is 5.69. The normalized spacial score (nSPS) is 10.2. The minimum absolute atomic E-state index is 0.345. The third-order valence-electron chi connectivity index (χ3n) is 2.44. The molecule has 1 aromatic carbocycles. The number of pyridine rings is 1. The standard InChI is InChI=1S/C13H12ClFN2O/c1-18-13-9(3-2-6-16-13)8-17-12-5-4-10(15)7-11(12)14/h2-7,17H,8H2,1H3. The Kier molecular flexibility index (Phi) is 3.99. The molecule has 0 fully saturated rings. The van der Waals surface area contributed by atoms with E-state index in [0.717, 1.165) is 5.56 Å². The molecular formula is C13H12ClFN2O. The molecule has 0 saturated heterocycles. The van der Waals surface area contributed by atoms with Gasteiger partial charge in [0.15, 0.2) is 0 Å². The molecule has 0 unspecified atom stereocenters. The number of rotatable bonds is 4. The summed E-state index contributed by atoms with van der Waals surface area (Å²) in [6.07, 6.45) is 1.66. The minimum Gasteiger partial charge on any atom is -0.481 e. The number of aromatic nitrogens is 1. The number of benzene rings is 1. The van der Waals surface area contributed by atoms with Crippen molar-refractivity contribution in [1.82, 2.24) is 4.98 Å². The number of methoxy groups -OCH3 is 1. The Hall–Kier alpha value is -1.81. The summed E-state index contributed by atoms with van der Waals surface area (Å²) in [5, 5.41) is 3.46. The van der Waals surface area contributed by atoms with E-state index in [-0.39, 0.29) is 5.82 Å². The van der Waals surface area contributed by atoms with Gasteiger partial charge >= 0.3 is 0 Å². The van der Waals surface area contributed by atoms with Gasteiger partial charge in [0.05, 0.1) is 17.8 Å². The van der Waals surface area contributed by atoms with E-state index in [4.69, 9.17) is 16.3 Å². The first-order valence-electron chi connectivity index (χ1n) is 5.37. The van der Waals surface area contributed by atoms with Gasteiger partial charge < -0.3 is 10.1 Å². The summed E-state index contributed by atoms with van der Waals surface area (Å²) in [5.41, 5.74) is 1.57. The van der Waals surface area contributed by atoms with E-state index < -0.39 is 0 Å². The van der Waals surface area contributed by atoms with E-state index >= 15 is 0 Å². The van der Waals surface area contributed by atoms with E-state index in [0.29, 0.717) is 23.1 Å². The van der Waals surface area contributed by atoms with E-state index in [2.05, 4.69) is 10.3 Å². The monoisotopic (exact) mass is 266 g/mol. The fourth-order valence-corrected chi connectivity index (χ4v) is 1.80. The molecule has 2 rings (SSSR count). The highest BCUT2D eigenvalue weighted by molar-refractivity contribution is 6.33. The van der Waals surface area contributed by atoms with E-state index in [1.807, 2.05) is 12.1 Å². The van der Waals surface area contributed by atoms with Crippen molar-refractivity contribution in [2.24, 2.45) is 0 Å². The van der Waals surface area contributed by atoms with Gasteiger partial charge in [0.25, 0.3) is 0 Å². The molecule has 94 valence electrons. The van der Waals surface area contributed by atoms with Crippen molar-refractivity contribution >= 4 is 17.3 Å². The Balaban J connectivity index is 2.11. The first-order chi connectivity index (χ1) is 8.70. The maximum absolute atomic E-state index is 12.9. The van der Waals surface area contributed by atoms with Crippen molar-refractivity contribution in [3.05, 3.63) is 52.9 Å². The van der Waals surface area contributed by atoms with Gasteiger partial charge in [0, 0.05) is 18.3 Å². The lowest BCUT2D eigenvalue weighted by atomic mass is 10.2. The van der Waals surface area contributed by atoms with Crippen molar-refractivity contribution in [3.8, 4) is 5.88 Å². The molecule has 2 aromatic rings. The van der Waals surface area contributed by atoms with Gasteiger partial charge in [-0.15, -0.1) is 0 Å². The highest BCUT2D eigenvalue weighted by Gasteiger charge is 2.05. The van der Waals surface area contributed by atoms with Crippen LogP contribution < -0.4 is 10.1 Å². The molecule has 0 bridgehead atoms. The summed E-state index contributed by atoms with van der Waals surface area (Å²) in [7, 11) is 1.57. The Morgan fingerprint density at radius 2 is 2.22 bits per heavy atom. The highest BCUT2D eigenvalue weighted by atomic mass is 35.5. The van der Waals surface area contributed by atoms with Gasteiger partial charge in [0.2, 0.25) is 5.88 Å². The molecule has 0 radical (unpaired) electrons. The number of halogens is 2. The van der Waals surface area contributed by atoms with Gasteiger partial charge in [-0.2, -0.15) is 0 Å². The summed E-state index contributed by atoms with van der Waals surface area (Å²) in [4.78, 5) is 4.09. The zero-order valence-corrected chi connectivity index (χ0v) is 10.5. The van der Waals surface area contributed by atoms with Crippen LogP contribution in [-0.2, 0) is 6.54 Å². The Morgan fingerprint density at radius 1 is 1.39 bits per heavy atom. The fourth-order valence-electron chi connectivity index (χ4n) is 1.57. The topological polar surface area (TPSA) is 34.1 Å². The molecule has 18 heavy (non-hydrogen) atoms. The molecule has 0 atom stereocenters. The van der Waals surface area contributed by atoms with Crippen molar-refractivity contribution in [2.45, 2.75) is 6.54 Å². The average Bonchev–Trinajstić information content (AvgIpc) is 2.38. The lowest BCUT2D eigenvalue weighted by Crippen LogP contribution is -2.03. The van der Waals surface area contributed by atoms with Gasteiger partial charge in [-0.05, 0) is 24.3 Å². The average molecular weight is 267 g/mol. The fraction of sp³-hybridized carbons (Fsp3) is 0.154. The lowest BCUT2D eigenvalue weighted by molar-refractivity contribution is 0.393. The first-order valence-corrected chi connectivity index (χ1v) is 5.75. The summed E-state index contributed by atoms with van der Waals surface area (Å²) in [6.45, 7) is 0.502. The van der Waals surface area contributed by atoms with Gasteiger partial charge in [-0.25, -0.2) is 9.37 Å². The predicted octanol–water partition coefficient (Wildman–Crippen LogP) is 3.49. The molecule has 0 aliphatic heterocycles. The number of ether oxygens (including phenoxy) is 1. The Bertz CT molecular complexity index is 548. The maximum Gasteiger partial charge on any atom is 0.218 e. The Morgan fingerprint density at radius 3 is 2.94 bits per heavy atom. The summed E-state index contributed by atoms with van der Waals surface area (Å²) in [5.74, 6) is 0.202. The maximum atomic E-state index is 12.9. The Labute approximate surface area is 110 Å². The first kappa shape index (κ1) is 12.6. The molecule has 0 spiro atoms. The van der Waals surface area contributed by atoms with Crippen molar-refractivity contribution < 1.29 is 9.13 Å². The van der Waals surface area contributed by atoms with Crippen LogP contribution in [0, 0.1) is 5.82 Å². The van der Waals surface area contributed by atoms with Gasteiger partial charge in [0.1, 0.15) is 5.82 Å². The smallest absolute Gasteiger partial charge is 0.218 e. The van der Waals surface area contributed by atoms with E-state index in [1.165, 1.54) is 12.1 Å². The number of anilines is 1. The van der Waals surface area contributed by atoms with Crippen LogP contribution in [0.25, 0.3) is 0 Å². The molecule has 5 heteroatoms. The SMILES string of the molecule is COc1ncccc1CNc1ccc(F)cc1Cl. The van der Waals surface area contributed by atoms with Gasteiger partial charge in [-0.3, -0.25) is 0 Å². The number of nitrogens with zero attached hydrogens (tertiary/aromatic N) is 1. The van der Waals surface area contributed by atoms with Crippen LogP contribution in [0.4, 0.5) is 10.1 Å². The number of hydrogen-bond donors (Lipinski definition) is 1. The molecule has 0 amide bonds. The van der Waals surface area contributed by atoms with Crippen molar-refractivity contribution in [1.29, 1.82) is 0 Å². The molecule has 1 N–H and O–H groups in total. The second-order valence-electron chi connectivity index (χ2n) is 3.65. The molecule has 0 saturated carbocycles. The molecule has 1 aromatic heterocycles. The zero-order valence-electron chi connectivity index (χ0n) is 9.78. The van der Waals surface area contributed by atoms with Crippen LogP contribution in [0.3, 0.4) is 0 Å². The molecule has 0 aliphatic rings. The van der Waals surface area contributed by atoms with Crippen LogP contribution in [0.2, 0.25) is 5.02 Å². The highest BCUT2D eigenvalue weighted by Crippen LogP contribution is 2.24. The molecule has 3 nitrogen and oxygen atoms in total. The van der Waals surface area contributed by atoms with Crippen LogP contribution in [0.5, 0.6) is 5.88 Å². The van der Waals surface area contributed by atoms with Crippen molar-refractivity contribution in [3.63, 3.8) is 0 Å². The minimum atomic E-state index is -0.357. The number of nitrogens with one attached hydrogen (secondary N) is 1. The van der Waals surface area contributed by atoms with Crippen LogP contribution in [0.1, 0.15) is 5.56 Å². The predicted molar refractivity (Wildman–Crippen MR) is 69.5 cm³/mol. The summed E-state index contributed by atoms with van der Waals surface area (Å²) in [6, 6.07) is 7.95. The third kappa shape index (κ3) is 2.90. The zero-order chi connectivity index (χ0) is 13.0.